The lowest BCUT2D eigenvalue weighted by atomic mass is 10.1. The lowest BCUT2D eigenvalue weighted by Crippen LogP contribution is -2.42. The monoisotopic (exact) mass is 239 g/mol. The number of rotatable bonds is 3. The summed E-state index contributed by atoms with van der Waals surface area (Å²) in [5.41, 5.74) is 1.29. The second-order valence-corrected chi connectivity index (χ2v) is 6.02. The van der Waals surface area contributed by atoms with Crippen molar-refractivity contribution in [3.63, 3.8) is 0 Å². The molecule has 1 aliphatic heterocycles. The van der Waals surface area contributed by atoms with E-state index in [1.54, 1.807) is 0 Å². The summed E-state index contributed by atoms with van der Waals surface area (Å²) in [6.07, 6.45) is 0. The summed E-state index contributed by atoms with van der Waals surface area (Å²) in [7, 11) is 0. The van der Waals surface area contributed by atoms with Crippen LogP contribution in [0.3, 0.4) is 0 Å². The molecule has 0 aromatic carbocycles. The van der Waals surface area contributed by atoms with Gasteiger partial charge < -0.3 is 5.32 Å². The molecule has 0 amide bonds. The number of piperazine rings is 1. The zero-order valence-electron chi connectivity index (χ0n) is 10.4. The van der Waals surface area contributed by atoms with E-state index in [4.69, 9.17) is 4.98 Å². The largest absolute Gasteiger partial charge is 0.314 e. The van der Waals surface area contributed by atoms with E-state index >= 15 is 0 Å². The third kappa shape index (κ3) is 2.81. The summed E-state index contributed by atoms with van der Waals surface area (Å²) in [5, 5.41) is 4.66. The van der Waals surface area contributed by atoms with Gasteiger partial charge in [0.15, 0.2) is 0 Å². The second kappa shape index (κ2) is 5.25. The Morgan fingerprint density at radius 1 is 1.38 bits per heavy atom. The minimum absolute atomic E-state index is 0.549. The minimum atomic E-state index is 0.549. The van der Waals surface area contributed by atoms with Crippen molar-refractivity contribution in [2.45, 2.75) is 33.2 Å². The normalized spacial score (nSPS) is 18.2. The fourth-order valence-corrected chi connectivity index (χ4v) is 3.26. The van der Waals surface area contributed by atoms with Crippen molar-refractivity contribution in [2.75, 3.05) is 26.2 Å². The lowest BCUT2D eigenvalue weighted by molar-refractivity contribution is 0.233. The maximum Gasteiger partial charge on any atom is 0.107 e. The number of nitrogens with one attached hydrogen (secondary N) is 1. The van der Waals surface area contributed by atoms with Crippen molar-refractivity contribution in [2.24, 2.45) is 0 Å². The fraction of sp³-hybridized carbons (Fsp3) is 0.750. The van der Waals surface area contributed by atoms with Crippen molar-refractivity contribution in [1.82, 2.24) is 15.2 Å². The van der Waals surface area contributed by atoms with Crippen molar-refractivity contribution in [3.8, 4) is 0 Å². The van der Waals surface area contributed by atoms with Crippen LogP contribution in [0.5, 0.6) is 0 Å². The van der Waals surface area contributed by atoms with E-state index in [1.165, 1.54) is 15.6 Å². The molecule has 1 aliphatic rings. The maximum absolute atomic E-state index is 4.76. The topological polar surface area (TPSA) is 28.2 Å². The quantitative estimate of drug-likeness (QED) is 0.874. The minimum Gasteiger partial charge on any atom is -0.314 e. The molecule has 0 aliphatic carbocycles. The highest BCUT2D eigenvalue weighted by atomic mass is 32.1. The summed E-state index contributed by atoms with van der Waals surface area (Å²) < 4.78 is 0. The molecule has 0 bridgehead atoms. The first-order valence-electron chi connectivity index (χ1n) is 6.06. The van der Waals surface area contributed by atoms with Crippen LogP contribution in [0.15, 0.2) is 0 Å². The van der Waals surface area contributed by atoms with Crippen molar-refractivity contribution in [3.05, 3.63) is 15.6 Å². The molecule has 1 N–H and O–H groups in total. The molecule has 0 unspecified atom stereocenters. The van der Waals surface area contributed by atoms with Crippen LogP contribution in [0, 0.1) is 6.92 Å². The number of aryl methyl sites for hydroxylation is 1. The average Bonchev–Trinajstić information content (AvgIpc) is 2.61. The van der Waals surface area contributed by atoms with E-state index in [1.807, 2.05) is 11.3 Å². The maximum atomic E-state index is 4.76. The molecule has 1 aromatic rings. The van der Waals surface area contributed by atoms with Crippen molar-refractivity contribution < 1.29 is 0 Å². The van der Waals surface area contributed by atoms with Gasteiger partial charge in [-0.3, -0.25) is 4.90 Å². The lowest BCUT2D eigenvalue weighted by Gasteiger charge is -2.26. The first-order chi connectivity index (χ1) is 7.66. The number of hydrogen-bond donors (Lipinski definition) is 1. The van der Waals surface area contributed by atoms with Gasteiger partial charge in [-0.1, -0.05) is 13.8 Å². The Morgan fingerprint density at radius 2 is 2.06 bits per heavy atom. The predicted octanol–water partition coefficient (Wildman–Crippen LogP) is 1.98. The highest BCUT2D eigenvalue weighted by Gasteiger charge is 2.15. The number of aromatic nitrogens is 1. The Kier molecular flexibility index (Phi) is 3.95. The molecular weight excluding hydrogens is 218 g/mol. The highest BCUT2D eigenvalue weighted by Crippen LogP contribution is 2.24. The van der Waals surface area contributed by atoms with E-state index in [9.17, 15) is 0 Å². The molecule has 2 rings (SSSR count). The summed E-state index contributed by atoms with van der Waals surface area (Å²) in [6.45, 7) is 12.2. The van der Waals surface area contributed by atoms with Crippen LogP contribution in [0.25, 0.3) is 0 Å². The van der Waals surface area contributed by atoms with E-state index in [2.05, 4.69) is 31.0 Å². The smallest absolute Gasteiger partial charge is 0.107 e. The summed E-state index contributed by atoms with van der Waals surface area (Å²) >= 11 is 1.86. The molecule has 1 saturated heterocycles. The fourth-order valence-electron chi connectivity index (χ4n) is 2.13. The highest BCUT2D eigenvalue weighted by molar-refractivity contribution is 7.11. The molecule has 16 heavy (non-hydrogen) atoms. The molecule has 1 aromatic heterocycles. The van der Waals surface area contributed by atoms with E-state index in [0.29, 0.717) is 5.92 Å². The van der Waals surface area contributed by atoms with E-state index in [0.717, 1.165) is 32.7 Å². The first-order valence-corrected chi connectivity index (χ1v) is 6.87. The molecule has 1 fully saturated rings. The molecule has 3 nitrogen and oxygen atoms in total. The van der Waals surface area contributed by atoms with Gasteiger partial charge in [0.2, 0.25) is 0 Å². The van der Waals surface area contributed by atoms with Gasteiger partial charge in [0, 0.05) is 31.1 Å². The molecule has 90 valence electrons. The van der Waals surface area contributed by atoms with Crippen LogP contribution in [-0.2, 0) is 6.54 Å². The molecule has 0 spiro atoms. The zero-order chi connectivity index (χ0) is 11.5. The van der Waals surface area contributed by atoms with Gasteiger partial charge in [0.25, 0.3) is 0 Å². The molecule has 0 atom stereocenters. The summed E-state index contributed by atoms with van der Waals surface area (Å²) in [5.74, 6) is 0.549. The number of nitrogens with zero attached hydrogens (tertiary/aromatic N) is 2. The Balaban J connectivity index is 2.01. The number of hydrogen-bond acceptors (Lipinski definition) is 4. The van der Waals surface area contributed by atoms with Crippen LogP contribution in [0.4, 0.5) is 0 Å². The van der Waals surface area contributed by atoms with Crippen LogP contribution < -0.4 is 5.32 Å². The molecule has 4 heteroatoms. The molecular formula is C12H21N3S. The number of thiazole rings is 1. The average molecular weight is 239 g/mol. The van der Waals surface area contributed by atoms with Crippen LogP contribution >= 0.6 is 11.3 Å². The molecule has 0 saturated carbocycles. The van der Waals surface area contributed by atoms with Crippen molar-refractivity contribution in [1.29, 1.82) is 0 Å². The molecule has 2 heterocycles. The molecule has 0 radical (unpaired) electrons. The van der Waals surface area contributed by atoms with Crippen LogP contribution in [0.1, 0.15) is 35.3 Å². The van der Waals surface area contributed by atoms with Gasteiger partial charge in [-0.2, -0.15) is 0 Å². The van der Waals surface area contributed by atoms with Crippen LogP contribution in [-0.4, -0.2) is 36.1 Å². The standard InChI is InChI=1S/C12H21N3S/c1-9(2)12-10(3)16-11(14-12)8-15-6-4-13-5-7-15/h9,13H,4-8H2,1-3H3. The Morgan fingerprint density at radius 3 is 2.62 bits per heavy atom. The second-order valence-electron chi connectivity index (χ2n) is 4.73. The van der Waals surface area contributed by atoms with E-state index < -0.39 is 0 Å². The summed E-state index contributed by atoms with van der Waals surface area (Å²) in [6, 6.07) is 0. The first kappa shape index (κ1) is 12.0. The third-order valence-corrected chi connectivity index (χ3v) is 3.96. The van der Waals surface area contributed by atoms with Gasteiger partial charge in [0.05, 0.1) is 12.2 Å². The summed E-state index contributed by atoms with van der Waals surface area (Å²) in [4.78, 5) is 8.63. The van der Waals surface area contributed by atoms with Gasteiger partial charge in [-0.05, 0) is 12.8 Å². The van der Waals surface area contributed by atoms with Gasteiger partial charge in [-0.15, -0.1) is 11.3 Å². The zero-order valence-corrected chi connectivity index (χ0v) is 11.2. The Labute approximate surface area is 102 Å². The Hall–Kier alpha value is -0.450. The van der Waals surface area contributed by atoms with Crippen LogP contribution in [0.2, 0.25) is 0 Å². The van der Waals surface area contributed by atoms with Gasteiger partial charge >= 0.3 is 0 Å². The van der Waals surface area contributed by atoms with Gasteiger partial charge in [-0.25, -0.2) is 4.98 Å². The van der Waals surface area contributed by atoms with Gasteiger partial charge in [0.1, 0.15) is 5.01 Å². The van der Waals surface area contributed by atoms with Crippen molar-refractivity contribution >= 4 is 11.3 Å². The SMILES string of the molecule is Cc1sc(CN2CCNCC2)nc1C(C)C. The predicted molar refractivity (Wildman–Crippen MR) is 69.1 cm³/mol. The third-order valence-electron chi connectivity index (χ3n) is 2.99. The van der Waals surface area contributed by atoms with E-state index in [-0.39, 0.29) is 0 Å². The Bertz CT molecular complexity index is 340.